The molecule has 0 aliphatic heterocycles. The van der Waals surface area contributed by atoms with Crippen molar-refractivity contribution in [2.45, 2.75) is 9.79 Å². The summed E-state index contributed by atoms with van der Waals surface area (Å²) in [6.45, 7) is 0. The van der Waals surface area contributed by atoms with Crippen molar-refractivity contribution in [1.29, 1.82) is 0 Å². The monoisotopic (exact) mass is 892 g/mol. The molecule has 0 aliphatic rings. The molecule has 0 fully saturated rings. The molecule has 0 unspecified atom stereocenters. The summed E-state index contributed by atoms with van der Waals surface area (Å²) in [5, 5.41) is 18.2. The minimum absolute atomic E-state index is 0.0582. The van der Waals surface area contributed by atoms with E-state index in [1.54, 1.807) is 48.5 Å². The molecule has 0 aliphatic carbocycles. The first kappa shape index (κ1) is 42.4. The van der Waals surface area contributed by atoms with Gasteiger partial charge in [0.1, 0.15) is 9.79 Å². The van der Waals surface area contributed by atoms with Crippen molar-refractivity contribution in [2.75, 3.05) is 31.9 Å². The number of anilines is 12. The molecular weight excluding hydrogens is 857 g/mol. The number of hydrogen-bond donors (Lipinski definition) is 8. The zero-order chi connectivity index (χ0) is 44.5. The molecule has 2 aromatic heterocycles. The van der Waals surface area contributed by atoms with E-state index >= 15 is 0 Å². The van der Waals surface area contributed by atoms with Gasteiger partial charge in [-0.05, 0) is 71.8 Å². The first-order valence-corrected chi connectivity index (χ1v) is 22.0. The van der Waals surface area contributed by atoms with Gasteiger partial charge in [-0.2, -0.15) is 46.7 Å². The second-order valence-electron chi connectivity index (χ2n) is 13.6. The largest absolute Gasteiger partial charge is 0.324 e. The predicted octanol–water partition coefficient (Wildman–Crippen LogP) is 9.18. The minimum Gasteiger partial charge on any atom is -0.324 e. The van der Waals surface area contributed by atoms with Crippen LogP contribution in [0.5, 0.6) is 0 Å². The Kier molecular flexibility index (Phi) is 12.4. The fraction of sp³-hybridized carbons (Fsp3) is 0. The van der Waals surface area contributed by atoms with E-state index in [0.29, 0.717) is 22.7 Å². The highest BCUT2D eigenvalue weighted by atomic mass is 32.2. The molecule has 2 heterocycles. The molecule has 8 aromatic rings. The van der Waals surface area contributed by atoms with Crippen molar-refractivity contribution in [1.82, 2.24) is 29.9 Å². The summed E-state index contributed by atoms with van der Waals surface area (Å²) < 4.78 is 73.5. The topological polar surface area (TPSA) is 258 Å². The maximum Gasteiger partial charge on any atom is 0.297 e. The quantitative estimate of drug-likeness (QED) is 0.0332. The smallest absolute Gasteiger partial charge is 0.297 e. The van der Waals surface area contributed by atoms with Crippen LogP contribution in [-0.2, 0) is 20.2 Å². The zero-order valence-corrected chi connectivity index (χ0v) is 34.8. The molecule has 8 rings (SSSR count). The fourth-order valence-corrected chi connectivity index (χ4v) is 7.92. The van der Waals surface area contributed by atoms with Crippen LogP contribution in [0.25, 0.3) is 12.2 Å². The van der Waals surface area contributed by atoms with Crippen LogP contribution in [0.15, 0.2) is 168 Å². The third kappa shape index (κ3) is 11.0. The van der Waals surface area contributed by atoms with E-state index in [2.05, 4.69) is 61.8 Å². The molecule has 8 N–H and O–H groups in total. The van der Waals surface area contributed by atoms with Crippen molar-refractivity contribution < 1.29 is 25.9 Å². The summed E-state index contributed by atoms with van der Waals surface area (Å²) in [7, 11) is -9.95. The predicted molar refractivity (Wildman–Crippen MR) is 247 cm³/mol. The van der Waals surface area contributed by atoms with Crippen molar-refractivity contribution in [2.24, 2.45) is 0 Å². The lowest BCUT2D eigenvalue weighted by atomic mass is 10.1. The van der Waals surface area contributed by atoms with Gasteiger partial charge in [-0.3, -0.25) is 9.11 Å². The van der Waals surface area contributed by atoms with Crippen LogP contribution in [0.4, 0.5) is 69.8 Å². The Balaban J connectivity index is 1.13. The first-order chi connectivity index (χ1) is 30.9. The summed E-state index contributed by atoms with van der Waals surface area (Å²) >= 11 is 0. The Hall–Kier alpha value is -8.30. The summed E-state index contributed by atoms with van der Waals surface area (Å²) in [5.41, 5.74) is 2.32. The van der Waals surface area contributed by atoms with E-state index in [-0.39, 0.29) is 58.2 Å². The van der Waals surface area contributed by atoms with Crippen LogP contribution in [-0.4, -0.2) is 55.8 Å². The van der Waals surface area contributed by atoms with Crippen LogP contribution in [0.2, 0.25) is 0 Å². The summed E-state index contributed by atoms with van der Waals surface area (Å²) in [6, 6.07) is 45.0. The van der Waals surface area contributed by atoms with Crippen LogP contribution < -0.4 is 31.9 Å². The molecule has 64 heavy (non-hydrogen) atoms. The van der Waals surface area contributed by atoms with Crippen LogP contribution in [0.1, 0.15) is 11.1 Å². The molecular formula is C44H36N12O6S2. The summed E-state index contributed by atoms with van der Waals surface area (Å²) in [5.74, 6) is 0.273. The van der Waals surface area contributed by atoms with Crippen molar-refractivity contribution in [3.8, 4) is 0 Å². The Morgan fingerprint density at radius 2 is 0.578 bits per heavy atom. The second kappa shape index (κ2) is 18.8. The molecule has 0 amide bonds. The minimum atomic E-state index is -4.98. The van der Waals surface area contributed by atoms with Gasteiger partial charge in [0.25, 0.3) is 20.2 Å². The number of nitrogens with one attached hydrogen (secondary N) is 6. The Labute approximate surface area is 367 Å². The molecule has 6 aromatic carbocycles. The van der Waals surface area contributed by atoms with Gasteiger partial charge in [-0.15, -0.1) is 0 Å². The van der Waals surface area contributed by atoms with Gasteiger partial charge in [0, 0.05) is 22.7 Å². The van der Waals surface area contributed by atoms with E-state index in [1.165, 1.54) is 48.6 Å². The molecule has 0 spiro atoms. The van der Waals surface area contributed by atoms with E-state index in [1.807, 2.05) is 72.8 Å². The number of benzene rings is 6. The number of para-hydroxylation sites is 4. The lowest BCUT2D eigenvalue weighted by Crippen LogP contribution is -2.10. The van der Waals surface area contributed by atoms with Gasteiger partial charge in [-0.1, -0.05) is 109 Å². The second-order valence-corrected chi connectivity index (χ2v) is 16.3. The number of hydrogen-bond acceptors (Lipinski definition) is 16. The molecule has 0 saturated heterocycles. The third-order valence-corrected chi connectivity index (χ3v) is 10.9. The molecule has 20 heteroatoms. The van der Waals surface area contributed by atoms with Gasteiger partial charge < -0.3 is 31.9 Å². The zero-order valence-electron chi connectivity index (χ0n) is 33.2. The highest BCUT2D eigenvalue weighted by Crippen LogP contribution is 2.33. The van der Waals surface area contributed by atoms with E-state index in [0.717, 1.165) is 0 Å². The molecule has 18 nitrogen and oxygen atoms in total. The first-order valence-electron chi connectivity index (χ1n) is 19.2. The highest BCUT2D eigenvalue weighted by Gasteiger charge is 2.23. The van der Waals surface area contributed by atoms with Crippen LogP contribution in [0.3, 0.4) is 0 Å². The summed E-state index contributed by atoms with van der Waals surface area (Å²) in [4.78, 5) is 25.6. The highest BCUT2D eigenvalue weighted by molar-refractivity contribution is 7.86. The van der Waals surface area contributed by atoms with Crippen molar-refractivity contribution in [3.05, 3.63) is 169 Å². The molecule has 0 atom stereocenters. The molecule has 0 saturated carbocycles. The molecule has 0 radical (unpaired) electrons. The van der Waals surface area contributed by atoms with Crippen molar-refractivity contribution in [3.63, 3.8) is 0 Å². The number of nitrogens with zero attached hydrogens (tertiary/aromatic N) is 6. The molecule has 0 bridgehead atoms. The average Bonchev–Trinajstić information content (AvgIpc) is 3.26. The van der Waals surface area contributed by atoms with E-state index < -0.39 is 30.0 Å². The Morgan fingerprint density at radius 3 is 0.828 bits per heavy atom. The van der Waals surface area contributed by atoms with E-state index in [4.69, 9.17) is 0 Å². The third-order valence-electron chi connectivity index (χ3n) is 8.93. The normalized spacial score (nSPS) is 11.5. The maximum atomic E-state index is 13.1. The lowest BCUT2D eigenvalue weighted by Gasteiger charge is -2.15. The molecule has 320 valence electrons. The van der Waals surface area contributed by atoms with Gasteiger partial charge >= 0.3 is 0 Å². The van der Waals surface area contributed by atoms with Gasteiger partial charge in [-0.25, -0.2) is 0 Å². The van der Waals surface area contributed by atoms with Crippen LogP contribution >= 0.6 is 0 Å². The van der Waals surface area contributed by atoms with Gasteiger partial charge in [0.15, 0.2) is 0 Å². The number of aromatic nitrogens is 6. The SMILES string of the molecule is O=S(=O)(O)c1c(/C=C/c2cccc(Nc3nc(Nc4ccccc4)nc(Nc4ccccc4)n3)c2S(=O)(=O)O)cccc1Nc1nc(Nc2ccccc2)nc(Nc2ccccc2)n1. The van der Waals surface area contributed by atoms with E-state index in [9.17, 15) is 25.9 Å². The maximum absolute atomic E-state index is 13.1. The average molecular weight is 893 g/mol. The Morgan fingerprint density at radius 1 is 0.328 bits per heavy atom. The summed E-state index contributed by atoms with van der Waals surface area (Å²) in [6.07, 6.45) is 2.54. The fourth-order valence-electron chi connectivity index (χ4n) is 6.25. The van der Waals surface area contributed by atoms with Gasteiger partial charge in [0.05, 0.1) is 11.4 Å². The van der Waals surface area contributed by atoms with Crippen LogP contribution in [0, 0.1) is 0 Å². The van der Waals surface area contributed by atoms with Gasteiger partial charge in [0.2, 0.25) is 35.7 Å². The number of rotatable bonds is 16. The van der Waals surface area contributed by atoms with Crippen molar-refractivity contribution >= 4 is 102 Å². The Bertz CT molecular complexity index is 2840. The lowest BCUT2D eigenvalue weighted by molar-refractivity contribution is 0.481. The standard InChI is InChI=1S/C44H36N12O6S2/c57-63(58,59)37-29(15-13-25-35(37)49-43-53-39(45-31-17-5-1-6-18-31)51-40(54-43)46-32-19-7-2-8-20-32)27-28-30-16-14-26-36(38(30)64(60,61)62)50-44-55-41(47-33-21-9-3-10-22-33)52-42(56-44)48-34-23-11-4-12-24-34/h1-28H,(H,57,58,59)(H,60,61,62)(H3,45,46,49,51,53,54)(H3,47,48,50,52,55,56)/b28-27+.